The highest BCUT2D eigenvalue weighted by Gasteiger charge is 2.04. The highest BCUT2D eigenvalue weighted by atomic mass is 16.5. The first-order valence-corrected chi connectivity index (χ1v) is 9.07. The number of rotatable bonds is 4. The van der Waals surface area contributed by atoms with Gasteiger partial charge in [-0.15, -0.1) is 0 Å². The second-order valence-corrected chi connectivity index (χ2v) is 6.39. The largest absolute Gasteiger partial charge is 0.423 e. The highest BCUT2D eigenvalue weighted by Crippen LogP contribution is 2.23. The fourth-order valence-corrected chi connectivity index (χ4v) is 3.02. The van der Waals surface area contributed by atoms with Crippen LogP contribution in [0.1, 0.15) is 11.1 Å². The van der Waals surface area contributed by atoms with E-state index in [1.54, 1.807) is 36.5 Å². The Morgan fingerprint density at radius 1 is 0.897 bits per heavy atom. The Hall–Kier alpha value is -4.23. The highest BCUT2D eigenvalue weighted by molar-refractivity contribution is 5.93. The monoisotopic (exact) mass is 376 g/mol. The van der Waals surface area contributed by atoms with Gasteiger partial charge < -0.3 is 4.74 Å². The van der Waals surface area contributed by atoms with Gasteiger partial charge in [-0.2, -0.15) is 5.26 Å². The third-order valence-electron chi connectivity index (χ3n) is 4.48. The van der Waals surface area contributed by atoms with E-state index >= 15 is 0 Å². The molecule has 0 amide bonds. The number of hydrogen-bond acceptors (Lipinski definition) is 4. The van der Waals surface area contributed by atoms with Gasteiger partial charge in [0.05, 0.1) is 17.1 Å². The molecular weight excluding hydrogens is 360 g/mol. The van der Waals surface area contributed by atoms with Gasteiger partial charge >= 0.3 is 5.97 Å². The van der Waals surface area contributed by atoms with Crippen molar-refractivity contribution in [3.63, 3.8) is 0 Å². The van der Waals surface area contributed by atoms with Crippen LogP contribution in [0.2, 0.25) is 0 Å². The molecule has 4 aromatic rings. The van der Waals surface area contributed by atoms with E-state index in [-0.39, 0.29) is 0 Å². The van der Waals surface area contributed by atoms with Crippen LogP contribution >= 0.6 is 0 Å². The Balaban J connectivity index is 1.45. The van der Waals surface area contributed by atoms with Crippen LogP contribution in [-0.4, -0.2) is 11.0 Å². The van der Waals surface area contributed by atoms with E-state index < -0.39 is 5.97 Å². The van der Waals surface area contributed by atoms with E-state index in [0.29, 0.717) is 11.3 Å². The average Bonchev–Trinajstić information content (AvgIpc) is 2.78. The van der Waals surface area contributed by atoms with E-state index in [1.807, 2.05) is 54.6 Å². The molecule has 0 N–H and O–H groups in total. The van der Waals surface area contributed by atoms with Crippen molar-refractivity contribution in [2.24, 2.45) is 0 Å². The SMILES string of the molecule is N#Cc1ccc(-c2ccc(OC(=O)/C=C/c3cccc4cccnc34)cc2)cc1. The predicted octanol–water partition coefficient (Wildman–Crippen LogP) is 5.39. The standard InChI is InChI=1S/C25H16N2O2/c26-17-18-6-8-19(9-7-18)20-10-13-23(14-11-20)29-24(28)15-12-22-4-1-3-21-5-2-16-27-25(21)22/h1-16H/b15-12+. The first-order valence-electron chi connectivity index (χ1n) is 9.07. The van der Waals surface area contributed by atoms with E-state index in [2.05, 4.69) is 11.1 Å². The lowest BCUT2D eigenvalue weighted by atomic mass is 10.0. The molecular formula is C25H16N2O2. The van der Waals surface area contributed by atoms with Crippen molar-refractivity contribution in [3.8, 4) is 22.9 Å². The number of fused-ring (bicyclic) bond motifs is 1. The summed E-state index contributed by atoms with van der Waals surface area (Å²) in [4.78, 5) is 16.6. The number of esters is 1. The van der Waals surface area contributed by atoms with Crippen molar-refractivity contribution in [1.82, 2.24) is 4.98 Å². The van der Waals surface area contributed by atoms with E-state index in [4.69, 9.17) is 10.00 Å². The summed E-state index contributed by atoms with van der Waals surface area (Å²) in [5.41, 5.74) is 4.28. The lowest BCUT2D eigenvalue weighted by Crippen LogP contribution is -2.03. The Morgan fingerprint density at radius 2 is 1.59 bits per heavy atom. The summed E-state index contributed by atoms with van der Waals surface area (Å²) in [6, 6.07) is 26.4. The first-order chi connectivity index (χ1) is 14.2. The summed E-state index contributed by atoms with van der Waals surface area (Å²) in [7, 11) is 0. The Morgan fingerprint density at radius 3 is 2.31 bits per heavy atom. The number of hydrogen-bond donors (Lipinski definition) is 0. The van der Waals surface area contributed by atoms with Gasteiger partial charge in [-0.25, -0.2) is 4.79 Å². The molecule has 4 nitrogen and oxygen atoms in total. The molecule has 0 aliphatic heterocycles. The molecule has 0 aliphatic carbocycles. The van der Waals surface area contributed by atoms with Gasteiger partial charge in [0.15, 0.2) is 0 Å². The molecule has 0 spiro atoms. The number of para-hydroxylation sites is 1. The van der Waals surface area contributed by atoms with E-state index in [1.165, 1.54) is 6.08 Å². The molecule has 0 aliphatic rings. The number of ether oxygens (including phenoxy) is 1. The number of carbonyl (C=O) groups is 1. The molecule has 0 radical (unpaired) electrons. The summed E-state index contributed by atoms with van der Waals surface area (Å²) in [6.45, 7) is 0. The van der Waals surface area contributed by atoms with Gasteiger partial charge in [0.1, 0.15) is 5.75 Å². The molecule has 1 heterocycles. The lowest BCUT2D eigenvalue weighted by Gasteiger charge is -2.05. The third-order valence-corrected chi connectivity index (χ3v) is 4.48. The van der Waals surface area contributed by atoms with Crippen LogP contribution < -0.4 is 4.74 Å². The summed E-state index contributed by atoms with van der Waals surface area (Å²) in [6.07, 6.45) is 4.84. The number of pyridine rings is 1. The second-order valence-electron chi connectivity index (χ2n) is 6.39. The molecule has 0 atom stereocenters. The topological polar surface area (TPSA) is 63.0 Å². The minimum atomic E-state index is -0.455. The van der Waals surface area contributed by atoms with Gasteiger partial charge in [0.2, 0.25) is 0 Å². The van der Waals surface area contributed by atoms with Crippen molar-refractivity contribution in [1.29, 1.82) is 5.26 Å². The van der Waals surface area contributed by atoms with Gasteiger partial charge in [0.25, 0.3) is 0 Å². The Labute approximate surface area is 168 Å². The number of nitriles is 1. The van der Waals surface area contributed by atoms with Crippen LogP contribution in [-0.2, 0) is 4.79 Å². The Bertz CT molecular complexity index is 1230. The molecule has 4 heteroatoms. The molecule has 29 heavy (non-hydrogen) atoms. The van der Waals surface area contributed by atoms with Crippen LogP contribution in [0.4, 0.5) is 0 Å². The first kappa shape index (κ1) is 18.1. The van der Waals surface area contributed by atoms with Gasteiger partial charge in [-0.3, -0.25) is 4.98 Å². The zero-order valence-corrected chi connectivity index (χ0v) is 15.4. The molecule has 0 saturated heterocycles. The molecule has 4 rings (SSSR count). The van der Waals surface area contributed by atoms with Crippen LogP contribution in [0.3, 0.4) is 0 Å². The van der Waals surface area contributed by atoms with Crippen molar-refractivity contribution in [3.05, 3.63) is 102 Å². The number of aromatic nitrogens is 1. The van der Waals surface area contributed by atoms with Crippen LogP contribution in [0.25, 0.3) is 28.1 Å². The predicted molar refractivity (Wildman–Crippen MR) is 113 cm³/mol. The minimum absolute atomic E-state index is 0.455. The van der Waals surface area contributed by atoms with Gasteiger partial charge in [-0.1, -0.05) is 48.5 Å². The maximum atomic E-state index is 12.2. The second kappa shape index (κ2) is 8.20. The molecule has 1 aromatic heterocycles. The minimum Gasteiger partial charge on any atom is -0.423 e. The zero-order valence-electron chi connectivity index (χ0n) is 15.4. The van der Waals surface area contributed by atoms with Crippen molar-refractivity contribution in [2.45, 2.75) is 0 Å². The van der Waals surface area contributed by atoms with Gasteiger partial charge in [0, 0.05) is 23.2 Å². The fraction of sp³-hybridized carbons (Fsp3) is 0. The van der Waals surface area contributed by atoms with Crippen molar-refractivity contribution < 1.29 is 9.53 Å². The zero-order chi connectivity index (χ0) is 20.1. The van der Waals surface area contributed by atoms with E-state index in [9.17, 15) is 4.79 Å². The normalized spacial score (nSPS) is 10.7. The molecule has 0 unspecified atom stereocenters. The smallest absolute Gasteiger partial charge is 0.336 e. The number of carbonyl (C=O) groups excluding carboxylic acids is 1. The van der Waals surface area contributed by atoms with Crippen molar-refractivity contribution in [2.75, 3.05) is 0 Å². The number of nitrogens with zero attached hydrogens (tertiary/aromatic N) is 2. The molecule has 3 aromatic carbocycles. The van der Waals surface area contributed by atoms with Crippen molar-refractivity contribution >= 4 is 22.9 Å². The quantitative estimate of drug-likeness (QED) is 0.272. The van der Waals surface area contributed by atoms with Gasteiger partial charge in [-0.05, 0) is 47.5 Å². The van der Waals surface area contributed by atoms with Crippen LogP contribution in [0, 0.1) is 11.3 Å². The third kappa shape index (κ3) is 4.20. The van der Waals surface area contributed by atoms with Crippen LogP contribution in [0.15, 0.2) is 91.1 Å². The fourth-order valence-electron chi connectivity index (χ4n) is 3.02. The molecule has 0 fully saturated rings. The number of benzene rings is 3. The van der Waals surface area contributed by atoms with Crippen LogP contribution in [0.5, 0.6) is 5.75 Å². The lowest BCUT2D eigenvalue weighted by molar-refractivity contribution is -0.128. The molecule has 138 valence electrons. The summed E-state index contributed by atoms with van der Waals surface area (Å²) >= 11 is 0. The average molecular weight is 376 g/mol. The Kier molecular flexibility index (Phi) is 5.13. The maximum absolute atomic E-state index is 12.2. The summed E-state index contributed by atoms with van der Waals surface area (Å²) < 4.78 is 5.39. The summed E-state index contributed by atoms with van der Waals surface area (Å²) in [5.74, 6) is 0.0112. The van der Waals surface area contributed by atoms with E-state index in [0.717, 1.165) is 27.6 Å². The molecule has 0 bridgehead atoms. The summed E-state index contributed by atoms with van der Waals surface area (Å²) in [5, 5.41) is 9.90. The maximum Gasteiger partial charge on any atom is 0.336 e. The molecule has 0 saturated carbocycles.